The number of piperidine rings is 1. The molecule has 9 unspecified atom stereocenters. The fourth-order valence-electron chi connectivity index (χ4n) is 6.45. The van der Waals surface area contributed by atoms with Gasteiger partial charge in [-0.3, -0.25) is 20.3 Å². The summed E-state index contributed by atoms with van der Waals surface area (Å²) in [5, 5.41) is 17.4. The molecule has 11 heteroatoms. The van der Waals surface area contributed by atoms with Crippen molar-refractivity contribution in [1.82, 2.24) is 42.3 Å². The van der Waals surface area contributed by atoms with Crippen molar-refractivity contribution in [1.29, 1.82) is 0 Å². The van der Waals surface area contributed by atoms with Gasteiger partial charge in [-0.05, 0) is 64.1 Å². The number of hydrogen-bond acceptors (Lipinski definition) is 10. The molecule has 4 aliphatic heterocycles. The van der Waals surface area contributed by atoms with Crippen LogP contribution in [0.4, 0.5) is 0 Å². The molecular formula is C24H46N8O3. The predicted octanol–water partition coefficient (Wildman–Crippen LogP) is -1.55. The molecule has 4 saturated heterocycles. The number of carbonyl (C=O) groups is 1. The molecule has 5 rings (SSSR count). The van der Waals surface area contributed by atoms with Crippen molar-refractivity contribution in [3.8, 4) is 0 Å². The Morgan fingerprint density at radius 2 is 1.83 bits per heavy atom. The molecule has 0 spiro atoms. The van der Waals surface area contributed by atoms with Crippen molar-refractivity contribution < 1.29 is 14.3 Å². The number of amides is 1. The third-order valence-electron chi connectivity index (χ3n) is 8.81. The standard InChI is InChI=1S/C24H46N8O3/c1-15-9-19-20(35-8-7-34-19)10-17(15)12-28-24(33)16-3-6-26-21(11-16)27-13-22-30-31-23(32(22)2)18-4-5-25-14-29-18/h15-23,25-27,29-31H,3-14H2,1-2H3,(H,28,33). The fraction of sp³-hybridized carbons (Fsp3) is 0.958. The maximum absolute atomic E-state index is 13.0. The fourth-order valence-corrected chi connectivity index (χ4v) is 6.45. The van der Waals surface area contributed by atoms with E-state index < -0.39 is 0 Å². The lowest BCUT2D eigenvalue weighted by Crippen LogP contribution is -2.58. The van der Waals surface area contributed by atoms with Crippen LogP contribution in [0.15, 0.2) is 0 Å². The van der Waals surface area contributed by atoms with Crippen molar-refractivity contribution in [3.05, 3.63) is 0 Å². The van der Waals surface area contributed by atoms with Gasteiger partial charge in [-0.2, -0.15) is 0 Å². The van der Waals surface area contributed by atoms with Crippen LogP contribution in [0.2, 0.25) is 0 Å². The summed E-state index contributed by atoms with van der Waals surface area (Å²) in [4.78, 5) is 15.4. The zero-order chi connectivity index (χ0) is 24.2. The molecule has 1 amide bonds. The Labute approximate surface area is 209 Å². The minimum absolute atomic E-state index is 0.0498. The molecule has 5 fully saturated rings. The Balaban J connectivity index is 1.03. The topological polar surface area (TPSA) is 123 Å². The van der Waals surface area contributed by atoms with Gasteiger partial charge in [-0.25, -0.2) is 10.9 Å². The molecule has 0 aromatic heterocycles. The van der Waals surface area contributed by atoms with Crippen molar-refractivity contribution in [2.75, 3.05) is 53.1 Å². The van der Waals surface area contributed by atoms with Crippen molar-refractivity contribution in [2.45, 2.75) is 75.8 Å². The average Bonchev–Trinajstić information content (AvgIpc) is 3.26. The number of hydrogen-bond donors (Lipinski definition) is 7. The number of rotatable bonds is 7. The minimum Gasteiger partial charge on any atom is -0.373 e. The van der Waals surface area contributed by atoms with Gasteiger partial charge in [-0.15, -0.1) is 0 Å². The molecule has 0 radical (unpaired) electrons. The van der Waals surface area contributed by atoms with Crippen LogP contribution >= 0.6 is 0 Å². The van der Waals surface area contributed by atoms with E-state index >= 15 is 0 Å². The number of ether oxygens (including phenoxy) is 2. The Morgan fingerprint density at radius 1 is 1.00 bits per heavy atom. The number of fused-ring (bicyclic) bond motifs is 1. The predicted molar refractivity (Wildman–Crippen MR) is 133 cm³/mol. The smallest absolute Gasteiger partial charge is 0.223 e. The van der Waals surface area contributed by atoms with Gasteiger partial charge >= 0.3 is 0 Å². The number of likely N-dealkylation sites (N-methyl/N-ethyl adjacent to an activating group) is 1. The summed E-state index contributed by atoms with van der Waals surface area (Å²) in [5.41, 5.74) is 6.89. The van der Waals surface area contributed by atoms with Crippen LogP contribution in [0.25, 0.3) is 0 Å². The molecular weight excluding hydrogens is 448 g/mol. The second-order valence-electron chi connectivity index (χ2n) is 11.1. The van der Waals surface area contributed by atoms with E-state index in [1.165, 1.54) is 0 Å². The highest BCUT2D eigenvalue weighted by Gasteiger charge is 2.39. The van der Waals surface area contributed by atoms with Crippen LogP contribution in [0.3, 0.4) is 0 Å². The lowest BCUT2D eigenvalue weighted by Gasteiger charge is -2.42. The minimum atomic E-state index is 0.0498. The molecule has 9 atom stereocenters. The van der Waals surface area contributed by atoms with Crippen LogP contribution in [0.5, 0.6) is 0 Å². The van der Waals surface area contributed by atoms with Crippen LogP contribution in [-0.2, 0) is 14.3 Å². The highest BCUT2D eigenvalue weighted by atomic mass is 16.6. The summed E-state index contributed by atoms with van der Waals surface area (Å²) < 4.78 is 11.8. The Bertz CT molecular complexity index is 696. The van der Waals surface area contributed by atoms with E-state index in [0.717, 1.165) is 65.0 Å². The quantitative estimate of drug-likeness (QED) is 0.224. The van der Waals surface area contributed by atoms with Crippen LogP contribution in [-0.4, -0.2) is 101 Å². The number of nitrogens with zero attached hydrogens (tertiary/aromatic N) is 1. The Kier molecular flexibility index (Phi) is 8.90. The van der Waals surface area contributed by atoms with Gasteiger partial charge in [-0.1, -0.05) is 6.92 Å². The van der Waals surface area contributed by atoms with Gasteiger partial charge in [0.2, 0.25) is 5.91 Å². The normalized spacial score (nSPS) is 43.0. The third-order valence-corrected chi connectivity index (χ3v) is 8.81. The maximum Gasteiger partial charge on any atom is 0.223 e. The van der Waals surface area contributed by atoms with E-state index in [9.17, 15) is 4.79 Å². The van der Waals surface area contributed by atoms with Gasteiger partial charge in [0.05, 0.1) is 43.9 Å². The Hall–Kier alpha value is -0.890. The van der Waals surface area contributed by atoms with Gasteiger partial charge in [0.25, 0.3) is 0 Å². The number of hydrazine groups is 1. The second kappa shape index (κ2) is 12.1. The molecule has 4 heterocycles. The van der Waals surface area contributed by atoms with E-state index in [4.69, 9.17) is 9.47 Å². The molecule has 5 aliphatic rings. The Morgan fingerprint density at radius 3 is 2.63 bits per heavy atom. The van der Waals surface area contributed by atoms with E-state index in [1.807, 2.05) is 0 Å². The first-order chi connectivity index (χ1) is 17.1. The third kappa shape index (κ3) is 6.34. The highest BCUT2D eigenvalue weighted by Crippen LogP contribution is 2.34. The summed E-state index contributed by atoms with van der Waals surface area (Å²) in [6.07, 6.45) is 5.85. The van der Waals surface area contributed by atoms with Gasteiger partial charge in [0.1, 0.15) is 0 Å². The van der Waals surface area contributed by atoms with Gasteiger partial charge in [0.15, 0.2) is 0 Å². The summed E-state index contributed by atoms with van der Waals surface area (Å²) in [6.45, 7) is 7.99. The van der Waals surface area contributed by atoms with E-state index in [0.29, 0.717) is 31.1 Å². The molecule has 0 bridgehead atoms. The lowest BCUT2D eigenvalue weighted by atomic mass is 9.77. The molecule has 0 aromatic rings. The summed E-state index contributed by atoms with van der Waals surface area (Å²) in [5.74, 6) is 1.24. The molecule has 7 N–H and O–H groups in total. The van der Waals surface area contributed by atoms with E-state index in [1.54, 1.807) is 0 Å². The second-order valence-corrected chi connectivity index (χ2v) is 11.1. The monoisotopic (exact) mass is 494 g/mol. The van der Waals surface area contributed by atoms with Crippen molar-refractivity contribution in [3.63, 3.8) is 0 Å². The zero-order valence-electron chi connectivity index (χ0n) is 21.4. The first-order valence-corrected chi connectivity index (χ1v) is 13.7. The van der Waals surface area contributed by atoms with Crippen LogP contribution < -0.4 is 37.4 Å². The SMILES string of the molecule is CC1CC2OCCOC2CC1CNC(=O)C1CCNC(NCC2NNC(C3CCNCN3)N2C)C1. The maximum atomic E-state index is 13.0. The molecule has 35 heavy (non-hydrogen) atoms. The molecule has 1 aliphatic carbocycles. The first kappa shape index (κ1) is 25.7. The number of nitrogens with one attached hydrogen (secondary N) is 7. The summed E-state index contributed by atoms with van der Waals surface area (Å²) in [7, 11) is 2.16. The van der Waals surface area contributed by atoms with Crippen molar-refractivity contribution in [2.24, 2.45) is 17.8 Å². The van der Waals surface area contributed by atoms with Crippen LogP contribution in [0.1, 0.15) is 39.0 Å². The molecule has 1 saturated carbocycles. The van der Waals surface area contributed by atoms with E-state index in [2.05, 4.69) is 56.3 Å². The van der Waals surface area contributed by atoms with Crippen molar-refractivity contribution >= 4 is 5.91 Å². The average molecular weight is 495 g/mol. The van der Waals surface area contributed by atoms with Crippen LogP contribution in [0, 0.1) is 17.8 Å². The van der Waals surface area contributed by atoms with Gasteiger partial charge < -0.3 is 25.4 Å². The molecule has 11 nitrogen and oxygen atoms in total. The summed E-state index contributed by atoms with van der Waals surface area (Å²) in [6, 6.07) is 0.426. The molecule has 0 aromatic carbocycles. The number of carbonyl (C=O) groups excluding carboxylic acids is 1. The van der Waals surface area contributed by atoms with Gasteiger partial charge in [0, 0.05) is 31.7 Å². The highest BCUT2D eigenvalue weighted by molar-refractivity contribution is 5.78. The largest absolute Gasteiger partial charge is 0.373 e. The molecule has 200 valence electrons. The zero-order valence-corrected chi connectivity index (χ0v) is 21.4. The summed E-state index contributed by atoms with van der Waals surface area (Å²) >= 11 is 0. The lowest BCUT2D eigenvalue weighted by molar-refractivity contribution is -0.170. The van der Waals surface area contributed by atoms with E-state index in [-0.39, 0.29) is 42.5 Å². The first-order valence-electron chi connectivity index (χ1n) is 13.7.